The molecule has 1 aromatic heterocycles. The van der Waals surface area contributed by atoms with E-state index in [4.69, 9.17) is 5.73 Å². The third-order valence-electron chi connectivity index (χ3n) is 2.22. The van der Waals surface area contributed by atoms with Gasteiger partial charge in [-0.1, -0.05) is 6.08 Å². The van der Waals surface area contributed by atoms with Crippen LogP contribution in [0.5, 0.6) is 0 Å². The molecule has 0 radical (unpaired) electrons. The van der Waals surface area contributed by atoms with Crippen molar-refractivity contribution in [3.8, 4) is 0 Å². The van der Waals surface area contributed by atoms with Crippen LogP contribution in [0.2, 0.25) is 0 Å². The second-order valence-electron chi connectivity index (χ2n) is 3.53. The maximum absolute atomic E-state index is 11.4. The highest BCUT2D eigenvalue weighted by molar-refractivity contribution is 5.81. The monoisotopic (exact) mass is 219 g/mol. The molecule has 1 aromatic rings. The Balaban J connectivity index is 2.25. The zero-order chi connectivity index (χ0) is 11.8. The van der Waals surface area contributed by atoms with Gasteiger partial charge in [0, 0.05) is 18.9 Å². The summed E-state index contributed by atoms with van der Waals surface area (Å²) >= 11 is 0. The fraction of sp³-hybridized carbons (Fsp3) is 0.333. The number of nitrogens with one attached hydrogen (secondary N) is 1. The first kappa shape index (κ1) is 12.4. The quantitative estimate of drug-likeness (QED) is 0.690. The van der Waals surface area contributed by atoms with Crippen LogP contribution >= 0.6 is 0 Å². The Kier molecular flexibility index (Phi) is 5.22. The second-order valence-corrected chi connectivity index (χ2v) is 3.53. The van der Waals surface area contributed by atoms with Crippen molar-refractivity contribution in [2.75, 3.05) is 6.54 Å². The molecule has 0 spiro atoms. The first-order valence-electron chi connectivity index (χ1n) is 5.27. The molecule has 1 atom stereocenters. The van der Waals surface area contributed by atoms with Crippen LogP contribution in [0.4, 0.5) is 0 Å². The molecule has 1 heterocycles. The van der Waals surface area contributed by atoms with Crippen molar-refractivity contribution in [2.24, 2.45) is 5.73 Å². The molecule has 4 heteroatoms. The predicted molar refractivity (Wildman–Crippen MR) is 63.7 cm³/mol. The zero-order valence-corrected chi connectivity index (χ0v) is 9.23. The number of aromatic nitrogens is 1. The number of amides is 1. The molecule has 0 aliphatic heterocycles. The summed E-state index contributed by atoms with van der Waals surface area (Å²) in [6.45, 7) is 4.13. The number of carbonyl (C=O) groups is 1. The SMILES string of the molecule is C=CCC(N)C(=O)NCCc1ccncc1. The van der Waals surface area contributed by atoms with Gasteiger partial charge in [-0.2, -0.15) is 0 Å². The molecule has 1 amide bonds. The molecule has 0 bridgehead atoms. The van der Waals surface area contributed by atoms with E-state index >= 15 is 0 Å². The number of pyridine rings is 1. The van der Waals surface area contributed by atoms with Crippen LogP contribution in [0.3, 0.4) is 0 Å². The minimum absolute atomic E-state index is 0.131. The molecule has 1 rings (SSSR count). The summed E-state index contributed by atoms with van der Waals surface area (Å²) in [5.41, 5.74) is 6.76. The normalized spacial score (nSPS) is 11.8. The van der Waals surface area contributed by atoms with Gasteiger partial charge in [-0.25, -0.2) is 0 Å². The number of hydrogen-bond donors (Lipinski definition) is 2. The van der Waals surface area contributed by atoms with E-state index in [1.54, 1.807) is 18.5 Å². The van der Waals surface area contributed by atoms with Gasteiger partial charge in [-0.3, -0.25) is 9.78 Å². The van der Waals surface area contributed by atoms with E-state index in [1.807, 2.05) is 12.1 Å². The van der Waals surface area contributed by atoms with Crippen molar-refractivity contribution in [1.29, 1.82) is 0 Å². The number of rotatable bonds is 6. The molecular weight excluding hydrogens is 202 g/mol. The topological polar surface area (TPSA) is 68.0 Å². The number of nitrogens with zero attached hydrogens (tertiary/aromatic N) is 1. The Labute approximate surface area is 95.6 Å². The van der Waals surface area contributed by atoms with Crippen LogP contribution in [0.25, 0.3) is 0 Å². The molecule has 86 valence electrons. The Morgan fingerprint density at radius 3 is 2.88 bits per heavy atom. The van der Waals surface area contributed by atoms with E-state index in [9.17, 15) is 4.79 Å². The Morgan fingerprint density at radius 1 is 1.56 bits per heavy atom. The molecule has 0 aliphatic rings. The van der Waals surface area contributed by atoms with Crippen molar-refractivity contribution in [1.82, 2.24) is 10.3 Å². The molecule has 0 aliphatic carbocycles. The van der Waals surface area contributed by atoms with Gasteiger partial charge in [-0.05, 0) is 30.5 Å². The largest absolute Gasteiger partial charge is 0.354 e. The molecule has 0 fully saturated rings. The van der Waals surface area contributed by atoms with Crippen molar-refractivity contribution in [3.05, 3.63) is 42.7 Å². The van der Waals surface area contributed by atoms with Crippen molar-refractivity contribution in [3.63, 3.8) is 0 Å². The Hall–Kier alpha value is -1.68. The third-order valence-corrected chi connectivity index (χ3v) is 2.22. The van der Waals surface area contributed by atoms with Gasteiger partial charge in [0.25, 0.3) is 0 Å². The van der Waals surface area contributed by atoms with E-state index in [0.29, 0.717) is 13.0 Å². The Morgan fingerprint density at radius 2 is 2.25 bits per heavy atom. The molecule has 16 heavy (non-hydrogen) atoms. The summed E-state index contributed by atoms with van der Waals surface area (Å²) in [4.78, 5) is 15.3. The minimum atomic E-state index is -0.491. The molecule has 0 aromatic carbocycles. The van der Waals surface area contributed by atoms with Crippen LogP contribution < -0.4 is 11.1 Å². The average Bonchev–Trinajstić information content (AvgIpc) is 2.30. The van der Waals surface area contributed by atoms with E-state index in [0.717, 1.165) is 12.0 Å². The first-order valence-corrected chi connectivity index (χ1v) is 5.27. The van der Waals surface area contributed by atoms with E-state index in [-0.39, 0.29) is 5.91 Å². The summed E-state index contributed by atoms with van der Waals surface area (Å²) < 4.78 is 0. The molecule has 3 N–H and O–H groups in total. The average molecular weight is 219 g/mol. The van der Waals surface area contributed by atoms with Gasteiger partial charge in [0.2, 0.25) is 5.91 Å². The highest BCUT2D eigenvalue weighted by atomic mass is 16.2. The maximum Gasteiger partial charge on any atom is 0.237 e. The molecule has 4 nitrogen and oxygen atoms in total. The van der Waals surface area contributed by atoms with Gasteiger partial charge in [0.1, 0.15) is 0 Å². The summed E-state index contributed by atoms with van der Waals surface area (Å²) in [5.74, 6) is -0.131. The van der Waals surface area contributed by atoms with Gasteiger partial charge in [-0.15, -0.1) is 6.58 Å². The molecule has 0 saturated carbocycles. The van der Waals surface area contributed by atoms with E-state index in [2.05, 4.69) is 16.9 Å². The minimum Gasteiger partial charge on any atom is -0.354 e. The number of hydrogen-bond acceptors (Lipinski definition) is 3. The van der Waals surface area contributed by atoms with Crippen LogP contribution in [-0.2, 0) is 11.2 Å². The molecule has 0 saturated heterocycles. The smallest absolute Gasteiger partial charge is 0.237 e. The van der Waals surface area contributed by atoms with E-state index < -0.39 is 6.04 Å². The predicted octanol–water partition coefficient (Wildman–Crippen LogP) is 0.644. The standard InChI is InChI=1S/C12H17N3O/c1-2-3-11(13)12(16)15-9-6-10-4-7-14-8-5-10/h2,4-5,7-8,11H,1,3,6,9,13H2,(H,15,16). The lowest BCUT2D eigenvalue weighted by Crippen LogP contribution is -2.40. The Bertz CT molecular complexity index is 337. The second kappa shape index (κ2) is 6.74. The highest BCUT2D eigenvalue weighted by Crippen LogP contribution is 1.96. The summed E-state index contributed by atoms with van der Waals surface area (Å²) in [6.07, 6.45) is 6.41. The fourth-order valence-electron chi connectivity index (χ4n) is 1.30. The highest BCUT2D eigenvalue weighted by Gasteiger charge is 2.09. The van der Waals surface area contributed by atoms with Crippen molar-refractivity contribution >= 4 is 5.91 Å². The lowest BCUT2D eigenvalue weighted by molar-refractivity contribution is -0.122. The molecule has 1 unspecified atom stereocenters. The van der Waals surface area contributed by atoms with Gasteiger partial charge >= 0.3 is 0 Å². The van der Waals surface area contributed by atoms with Crippen LogP contribution in [0.15, 0.2) is 37.2 Å². The van der Waals surface area contributed by atoms with Crippen LogP contribution in [0, 0.1) is 0 Å². The maximum atomic E-state index is 11.4. The van der Waals surface area contributed by atoms with Crippen molar-refractivity contribution < 1.29 is 4.79 Å². The fourth-order valence-corrected chi connectivity index (χ4v) is 1.30. The van der Waals surface area contributed by atoms with Crippen molar-refractivity contribution in [2.45, 2.75) is 18.9 Å². The summed E-state index contributed by atoms with van der Waals surface area (Å²) in [7, 11) is 0. The first-order chi connectivity index (χ1) is 7.74. The summed E-state index contributed by atoms with van der Waals surface area (Å²) in [5, 5.41) is 2.78. The zero-order valence-electron chi connectivity index (χ0n) is 9.23. The van der Waals surface area contributed by atoms with Gasteiger partial charge in [0.05, 0.1) is 6.04 Å². The molecular formula is C12H17N3O. The van der Waals surface area contributed by atoms with E-state index in [1.165, 1.54) is 0 Å². The van der Waals surface area contributed by atoms with Gasteiger partial charge in [0.15, 0.2) is 0 Å². The van der Waals surface area contributed by atoms with Crippen LogP contribution in [-0.4, -0.2) is 23.5 Å². The summed E-state index contributed by atoms with van der Waals surface area (Å²) in [6, 6.07) is 3.36. The number of nitrogens with two attached hydrogens (primary N) is 1. The third kappa shape index (κ3) is 4.23. The lowest BCUT2D eigenvalue weighted by Gasteiger charge is -2.09. The lowest BCUT2D eigenvalue weighted by atomic mass is 10.2. The van der Waals surface area contributed by atoms with Gasteiger partial charge < -0.3 is 11.1 Å². The number of carbonyl (C=O) groups excluding carboxylic acids is 1. The van der Waals surface area contributed by atoms with Crippen LogP contribution in [0.1, 0.15) is 12.0 Å².